The molecule has 3 saturated heterocycles. The zero-order valence-corrected chi connectivity index (χ0v) is 28.4. The molecule has 0 radical (unpaired) electrons. The van der Waals surface area contributed by atoms with Crippen LogP contribution in [0.4, 0.5) is 17.3 Å². The molecule has 1 unspecified atom stereocenters. The van der Waals surface area contributed by atoms with Crippen LogP contribution < -0.4 is 20.9 Å². The Labute approximate surface area is 285 Å². The van der Waals surface area contributed by atoms with Crippen LogP contribution in [0.1, 0.15) is 54.1 Å². The van der Waals surface area contributed by atoms with Crippen LogP contribution in [0, 0.1) is 0 Å². The number of likely N-dealkylation sites (tertiary alicyclic amines) is 1. The largest absolute Gasteiger partial charge is 0.368 e. The van der Waals surface area contributed by atoms with Gasteiger partial charge in [0.1, 0.15) is 0 Å². The summed E-state index contributed by atoms with van der Waals surface area (Å²) in [5, 5.41) is 14.3. The van der Waals surface area contributed by atoms with Gasteiger partial charge in [-0.15, -0.1) is 0 Å². The van der Waals surface area contributed by atoms with E-state index in [1.54, 1.807) is 0 Å². The number of amides is 2. The quantitative estimate of drug-likeness (QED) is 0.235. The second kappa shape index (κ2) is 12.8. The van der Waals surface area contributed by atoms with Crippen LogP contribution in [-0.4, -0.2) is 88.9 Å². The van der Waals surface area contributed by atoms with E-state index in [4.69, 9.17) is 0 Å². The number of hydrogen-bond donors (Lipinski definition) is 3. The number of imide groups is 1. The van der Waals surface area contributed by atoms with Crippen LogP contribution >= 0.6 is 0 Å². The summed E-state index contributed by atoms with van der Waals surface area (Å²) in [4.78, 5) is 37.9. The number of rotatable bonds is 8. The number of carbonyl (C=O) groups excluding carboxylic acids is 2. The van der Waals surface area contributed by atoms with Crippen LogP contribution in [-0.2, 0) is 45.2 Å². The first-order valence-corrected chi connectivity index (χ1v) is 18.8. The molecule has 6 heterocycles. The number of hydrogen-bond acceptors (Lipinski definition) is 11. The number of nitrogens with zero attached hydrogens (tertiary/aromatic N) is 6. The monoisotopic (exact) mass is 683 g/mol. The van der Waals surface area contributed by atoms with Crippen molar-refractivity contribution in [2.24, 2.45) is 7.05 Å². The molecule has 0 bridgehead atoms. The van der Waals surface area contributed by atoms with Crippen molar-refractivity contribution < 1.29 is 18.0 Å². The molecule has 2 amide bonds. The Morgan fingerprint density at radius 2 is 1.80 bits per heavy atom. The van der Waals surface area contributed by atoms with Gasteiger partial charge in [0, 0.05) is 62.1 Å². The highest BCUT2D eigenvalue weighted by molar-refractivity contribution is 7.91. The standard InChI is InChI=1S/C35H41N9O4S/c1-42-31-16-25(6-7-28(31)33(41-42)29-8-9-32(45)40-34(29)46)44-19-26(20-44)43-14-11-27(12-15-43)49(47,48)21-22-2-4-24(5-3-22)38-35-37-17-23-10-13-36-18-30(23)39-35/h2-7,16-17,26-27,29,36H,8-15,18-21H2,1H3,(H,37,38,39)(H,40,45,46). The van der Waals surface area contributed by atoms with E-state index >= 15 is 0 Å². The number of benzene rings is 2. The summed E-state index contributed by atoms with van der Waals surface area (Å²) >= 11 is 0. The Hall–Kier alpha value is -4.40. The molecular formula is C35H41N9O4S. The van der Waals surface area contributed by atoms with Gasteiger partial charge in [0.15, 0.2) is 9.84 Å². The predicted molar refractivity (Wildman–Crippen MR) is 186 cm³/mol. The number of anilines is 3. The topological polar surface area (TPSA) is 154 Å². The van der Waals surface area contributed by atoms with Gasteiger partial charge in [0.2, 0.25) is 17.8 Å². The first-order valence-electron chi connectivity index (χ1n) is 17.1. The second-order valence-corrected chi connectivity index (χ2v) is 16.0. The number of aryl methyl sites for hydroxylation is 1. The van der Waals surface area contributed by atoms with E-state index < -0.39 is 15.8 Å². The van der Waals surface area contributed by atoms with Crippen molar-refractivity contribution in [3.05, 3.63) is 71.2 Å². The van der Waals surface area contributed by atoms with Gasteiger partial charge in [-0.1, -0.05) is 12.1 Å². The first-order chi connectivity index (χ1) is 23.7. The fraction of sp³-hybridized carbons (Fsp3) is 0.457. The third kappa shape index (κ3) is 6.40. The highest BCUT2D eigenvalue weighted by Crippen LogP contribution is 2.34. The normalized spacial score (nSPS) is 21.0. The number of fused-ring (bicyclic) bond motifs is 2. The van der Waals surface area contributed by atoms with Gasteiger partial charge in [-0.3, -0.25) is 24.5 Å². The molecule has 0 aliphatic carbocycles. The number of carbonyl (C=O) groups is 2. The minimum Gasteiger partial charge on any atom is -0.368 e. The van der Waals surface area contributed by atoms with Gasteiger partial charge in [0.25, 0.3) is 0 Å². The number of sulfone groups is 1. The summed E-state index contributed by atoms with van der Waals surface area (Å²) in [5.41, 5.74) is 6.58. The lowest BCUT2D eigenvalue weighted by Gasteiger charge is -2.48. The number of piperidine rings is 2. The molecular weight excluding hydrogens is 643 g/mol. The first kappa shape index (κ1) is 31.8. The molecule has 4 aromatic rings. The Morgan fingerprint density at radius 3 is 2.57 bits per heavy atom. The summed E-state index contributed by atoms with van der Waals surface area (Å²) in [6, 6.07) is 14.1. The SMILES string of the molecule is Cn1nc(C2CCC(=O)NC2=O)c2ccc(N3CC(N4CCC(S(=O)(=O)Cc5ccc(Nc6ncc7c(n6)CNCC7)cc5)CC4)C3)cc21. The molecule has 8 rings (SSSR count). The molecule has 3 fully saturated rings. The van der Waals surface area contributed by atoms with Gasteiger partial charge in [-0.05, 0) is 86.8 Å². The molecule has 49 heavy (non-hydrogen) atoms. The van der Waals surface area contributed by atoms with Crippen LogP contribution in [0.5, 0.6) is 0 Å². The molecule has 13 nitrogen and oxygen atoms in total. The van der Waals surface area contributed by atoms with Gasteiger partial charge in [-0.2, -0.15) is 5.10 Å². The molecule has 256 valence electrons. The van der Waals surface area contributed by atoms with Crippen molar-refractivity contribution in [1.82, 2.24) is 35.3 Å². The van der Waals surface area contributed by atoms with Gasteiger partial charge in [0.05, 0.1) is 33.8 Å². The Morgan fingerprint density at radius 1 is 1.00 bits per heavy atom. The molecule has 0 saturated carbocycles. The van der Waals surface area contributed by atoms with Crippen molar-refractivity contribution in [2.75, 3.05) is 42.9 Å². The van der Waals surface area contributed by atoms with Gasteiger partial charge >= 0.3 is 0 Å². The predicted octanol–water partition coefficient (Wildman–Crippen LogP) is 2.54. The van der Waals surface area contributed by atoms with E-state index in [2.05, 4.69) is 52.9 Å². The molecule has 2 aromatic carbocycles. The minimum atomic E-state index is -3.29. The van der Waals surface area contributed by atoms with E-state index in [1.165, 1.54) is 5.56 Å². The lowest BCUT2D eigenvalue weighted by Crippen LogP contribution is -2.61. The van der Waals surface area contributed by atoms with Gasteiger partial charge in [-0.25, -0.2) is 18.4 Å². The zero-order valence-electron chi connectivity index (χ0n) is 27.6. The molecule has 4 aliphatic heterocycles. The number of nitrogens with one attached hydrogen (secondary N) is 3. The second-order valence-electron chi connectivity index (χ2n) is 13.7. The fourth-order valence-corrected chi connectivity index (χ4v) is 9.46. The van der Waals surface area contributed by atoms with Crippen LogP contribution in [0.3, 0.4) is 0 Å². The Balaban J connectivity index is 0.830. The molecule has 14 heteroatoms. The molecule has 4 aliphatic rings. The summed E-state index contributed by atoms with van der Waals surface area (Å²) in [6.45, 7) is 5.00. The highest BCUT2D eigenvalue weighted by atomic mass is 32.2. The third-order valence-corrected chi connectivity index (χ3v) is 12.8. The summed E-state index contributed by atoms with van der Waals surface area (Å²) < 4.78 is 28.7. The molecule has 2 aromatic heterocycles. The average Bonchev–Trinajstić information content (AvgIpc) is 3.40. The summed E-state index contributed by atoms with van der Waals surface area (Å²) in [5.74, 6) is -0.349. The maximum atomic E-state index is 13.4. The lowest BCUT2D eigenvalue weighted by molar-refractivity contribution is -0.134. The van der Waals surface area contributed by atoms with E-state index in [0.717, 1.165) is 84.9 Å². The average molecular weight is 684 g/mol. The molecule has 0 spiro atoms. The highest BCUT2D eigenvalue weighted by Gasteiger charge is 2.38. The maximum absolute atomic E-state index is 13.4. The van der Waals surface area contributed by atoms with Crippen molar-refractivity contribution in [3.8, 4) is 0 Å². The molecule has 1 atom stereocenters. The lowest BCUT2D eigenvalue weighted by atomic mass is 9.92. The summed E-state index contributed by atoms with van der Waals surface area (Å²) in [6.07, 6.45) is 4.90. The van der Waals surface area contributed by atoms with Crippen LogP contribution in [0.15, 0.2) is 48.7 Å². The fourth-order valence-electron chi connectivity index (χ4n) is 7.64. The Bertz CT molecular complexity index is 2020. The van der Waals surface area contributed by atoms with Crippen molar-refractivity contribution >= 4 is 49.9 Å². The molecule has 3 N–H and O–H groups in total. The third-order valence-electron chi connectivity index (χ3n) is 10.6. The summed E-state index contributed by atoms with van der Waals surface area (Å²) in [7, 11) is -1.40. The van der Waals surface area contributed by atoms with E-state index in [1.807, 2.05) is 48.3 Å². The van der Waals surface area contributed by atoms with E-state index in [-0.39, 0.29) is 22.8 Å². The van der Waals surface area contributed by atoms with Crippen LogP contribution in [0.25, 0.3) is 10.9 Å². The smallest absolute Gasteiger partial charge is 0.235 e. The maximum Gasteiger partial charge on any atom is 0.235 e. The minimum absolute atomic E-state index is 0.0396. The van der Waals surface area contributed by atoms with E-state index in [0.29, 0.717) is 37.7 Å². The van der Waals surface area contributed by atoms with Crippen LogP contribution in [0.2, 0.25) is 0 Å². The van der Waals surface area contributed by atoms with Crippen molar-refractivity contribution in [1.29, 1.82) is 0 Å². The van der Waals surface area contributed by atoms with Crippen molar-refractivity contribution in [3.63, 3.8) is 0 Å². The van der Waals surface area contributed by atoms with E-state index in [9.17, 15) is 18.0 Å². The number of aromatic nitrogens is 4. The van der Waals surface area contributed by atoms with Gasteiger partial charge < -0.3 is 15.5 Å². The Kier molecular flexibility index (Phi) is 8.32. The zero-order chi connectivity index (χ0) is 33.7. The van der Waals surface area contributed by atoms with Crippen molar-refractivity contribution in [2.45, 2.75) is 61.6 Å².